The van der Waals surface area contributed by atoms with Crippen LogP contribution in [0.1, 0.15) is 13.8 Å². The van der Waals surface area contributed by atoms with Crippen LogP contribution in [0.2, 0.25) is 0 Å². The minimum absolute atomic E-state index is 0.00312. The van der Waals surface area contributed by atoms with Crippen molar-refractivity contribution < 1.29 is 30.1 Å². The number of fused-ring (bicyclic) bond motifs is 1. The molecular weight excluding hydrogens is 390 g/mol. The molecule has 3 rings (SSSR count). The second-order valence-electron chi connectivity index (χ2n) is 6.86. The quantitative estimate of drug-likeness (QED) is 0.367. The molecule has 1 unspecified atom stereocenters. The summed E-state index contributed by atoms with van der Waals surface area (Å²) in [6, 6.07) is 0. The fourth-order valence-corrected chi connectivity index (χ4v) is 4.44. The number of Topliss-reactive ketones (excluding diaryl/α,β-unsaturated/α-hetero) is 1. The summed E-state index contributed by atoms with van der Waals surface area (Å²) in [5.41, 5.74) is 0.0881. The van der Waals surface area contributed by atoms with Gasteiger partial charge in [-0.1, -0.05) is 13.8 Å². The number of rotatable bonds is 7. The van der Waals surface area contributed by atoms with Crippen LogP contribution in [0.5, 0.6) is 0 Å². The van der Waals surface area contributed by atoms with Crippen LogP contribution in [0.3, 0.4) is 0 Å². The highest BCUT2D eigenvalue weighted by atomic mass is 32.2. The van der Waals surface area contributed by atoms with E-state index in [4.69, 9.17) is 4.74 Å². The first-order valence-corrected chi connectivity index (χ1v) is 9.92. The molecule has 0 amide bonds. The van der Waals surface area contributed by atoms with Crippen molar-refractivity contribution in [1.82, 2.24) is 19.5 Å². The number of ether oxygens (including phenoxy) is 1. The molecule has 1 fully saturated rings. The number of carbonyl (C=O) groups excluding carboxylic acids is 1. The van der Waals surface area contributed by atoms with E-state index in [1.54, 1.807) is 6.26 Å². The zero-order valence-corrected chi connectivity index (χ0v) is 16.4. The molecule has 5 atom stereocenters. The number of hydrogen-bond acceptors (Lipinski definition) is 11. The van der Waals surface area contributed by atoms with Gasteiger partial charge in [0, 0.05) is 0 Å². The van der Waals surface area contributed by atoms with Crippen LogP contribution in [0.4, 0.5) is 5.82 Å². The highest BCUT2D eigenvalue weighted by Gasteiger charge is 2.62. The van der Waals surface area contributed by atoms with Crippen molar-refractivity contribution in [2.45, 2.75) is 43.1 Å². The number of anilines is 1. The van der Waals surface area contributed by atoms with Gasteiger partial charge in [-0.2, -0.15) is 11.8 Å². The molecule has 5 N–H and O–H groups in total. The number of nitrogens with one attached hydrogen (secondary N) is 1. The summed E-state index contributed by atoms with van der Waals surface area (Å²) in [6.45, 7) is 3.12. The first-order valence-electron chi connectivity index (χ1n) is 8.64. The van der Waals surface area contributed by atoms with E-state index < -0.39 is 41.7 Å². The van der Waals surface area contributed by atoms with Crippen LogP contribution in [0.15, 0.2) is 12.7 Å². The van der Waals surface area contributed by atoms with E-state index in [-0.39, 0.29) is 22.9 Å². The molecule has 2 aromatic rings. The monoisotopic (exact) mass is 413 g/mol. The lowest BCUT2D eigenvalue weighted by atomic mass is 9.92. The van der Waals surface area contributed by atoms with Gasteiger partial charge in [-0.05, 0) is 12.2 Å². The number of thioether (sulfide) groups is 1. The van der Waals surface area contributed by atoms with E-state index in [1.165, 1.54) is 22.7 Å². The Hall–Kier alpha value is -1.83. The Kier molecular flexibility index (Phi) is 5.89. The van der Waals surface area contributed by atoms with Crippen LogP contribution in [-0.4, -0.2) is 82.3 Å². The molecule has 11 nitrogen and oxygen atoms in total. The molecule has 0 aliphatic carbocycles. The highest BCUT2D eigenvalue weighted by Crippen LogP contribution is 2.41. The summed E-state index contributed by atoms with van der Waals surface area (Å²) in [5, 5.41) is 39.5. The molecule has 0 aromatic carbocycles. The van der Waals surface area contributed by atoms with Crippen molar-refractivity contribution in [3.8, 4) is 0 Å². The Morgan fingerprint density at radius 1 is 1.39 bits per heavy atom. The van der Waals surface area contributed by atoms with Crippen LogP contribution >= 0.6 is 11.8 Å². The van der Waals surface area contributed by atoms with Crippen LogP contribution in [0.25, 0.3) is 11.2 Å². The predicted molar refractivity (Wildman–Crippen MR) is 99.8 cm³/mol. The van der Waals surface area contributed by atoms with Gasteiger partial charge >= 0.3 is 0 Å². The third-order valence-electron chi connectivity index (χ3n) is 4.88. The Morgan fingerprint density at radius 2 is 2.11 bits per heavy atom. The van der Waals surface area contributed by atoms with Gasteiger partial charge in [0.2, 0.25) is 11.5 Å². The Labute approximate surface area is 164 Å². The number of nitrogens with zero attached hydrogens (tertiary/aromatic N) is 4. The average Bonchev–Trinajstić information content (AvgIpc) is 3.22. The first kappa shape index (κ1) is 20.9. The maximum Gasteiger partial charge on any atom is 0.238 e. The fourth-order valence-electron chi connectivity index (χ4n) is 3.52. The zero-order chi connectivity index (χ0) is 20.6. The van der Waals surface area contributed by atoms with Gasteiger partial charge in [0.05, 0.1) is 11.9 Å². The van der Waals surface area contributed by atoms with Gasteiger partial charge < -0.3 is 20.1 Å². The summed E-state index contributed by atoms with van der Waals surface area (Å²) in [6.07, 6.45) is -0.219. The van der Waals surface area contributed by atoms with Crippen LogP contribution in [0, 0.1) is 5.92 Å². The Bertz CT molecular complexity index is 863. The summed E-state index contributed by atoms with van der Waals surface area (Å²) >= 11 is 1.29. The SMILES string of the molecule is CSC(C(=O)[C@@]1(n2cnc3c(NO)ncnc32)O[C@H](CO)[C@@H](O)[C@H]1O)C(C)C. The van der Waals surface area contributed by atoms with Crippen molar-refractivity contribution in [3.05, 3.63) is 12.7 Å². The second-order valence-corrected chi connectivity index (χ2v) is 7.84. The lowest BCUT2D eigenvalue weighted by Gasteiger charge is -2.35. The minimum atomic E-state index is -2.05. The Morgan fingerprint density at radius 3 is 2.64 bits per heavy atom. The Balaban J connectivity index is 2.26. The molecular formula is C16H23N5O6S. The molecule has 0 radical (unpaired) electrons. The van der Waals surface area contributed by atoms with Crippen LogP contribution < -0.4 is 5.48 Å². The number of aromatic nitrogens is 4. The normalized spacial score (nSPS) is 28.8. The average molecular weight is 413 g/mol. The summed E-state index contributed by atoms with van der Waals surface area (Å²) < 4.78 is 7.03. The molecule has 1 aliphatic heterocycles. The van der Waals surface area contributed by atoms with E-state index in [0.29, 0.717) is 0 Å². The van der Waals surface area contributed by atoms with Crippen molar-refractivity contribution in [3.63, 3.8) is 0 Å². The number of imidazole rings is 1. The summed E-state index contributed by atoms with van der Waals surface area (Å²) in [4.78, 5) is 25.7. The third-order valence-corrected chi connectivity index (χ3v) is 6.15. The minimum Gasteiger partial charge on any atom is -0.394 e. The van der Waals surface area contributed by atoms with Gasteiger partial charge in [-0.25, -0.2) is 15.0 Å². The molecule has 1 saturated heterocycles. The van der Waals surface area contributed by atoms with Crippen LogP contribution in [-0.2, 0) is 15.3 Å². The number of aliphatic hydroxyl groups is 3. The number of carbonyl (C=O) groups is 1. The maximum absolute atomic E-state index is 13.6. The highest BCUT2D eigenvalue weighted by molar-refractivity contribution is 7.99. The first-order chi connectivity index (χ1) is 13.3. The molecule has 3 heterocycles. The fraction of sp³-hybridized carbons (Fsp3) is 0.625. The van der Waals surface area contributed by atoms with E-state index >= 15 is 0 Å². The van der Waals surface area contributed by atoms with E-state index in [1.807, 2.05) is 19.3 Å². The second kappa shape index (κ2) is 7.89. The molecule has 1 aliphatic rings. The molecule has 2 aromatic heterocycles. The van der Waals surface area contributed by atoms with Gasteiger partial charge in [-0.3, -0.25) is 20.0 Å². The van der Waals surface area contributed by atoms with Crippen molar-refractivity contribution in [1.29, 1.82) is 0 Å². The van der Waals surface area contributed by atoms with E-state index in [0.717, 1.165) is 6.33 Å². The van der Waals surface area contributed by atoms with Crippen molar-refractivity contribution in [2.75, 3.05) is 18.3 Å². The number of hydrogen-bond donors (Lipinski definition) is 5. The molecule has 28 heavy (non-hydrogen) atoms. The molecule has 0 saturated carbocycles. The topological polar surface area (TPSA) is 163 Å². The lowest BCUT2D eigenvalue weighted by molar-refractivity contribution is -0.174. The van der Waals surface area contributed by atoms with E-state index in [2.05, 4.69) is 15.0 Å². The van der Waals surface area contributed by atoms with Gasteiger partial charge in [0.25, 0.3) is 0 Å². The van der Waals surface area contributed by atoms with Gasteiger partial charge in [-0.15, -0.1) is 0 Å². The van der Waals surface area contributed by atoms with Gasteiger partial charge in [0.15, 0.2) is 17.0 Å². The molecule has 0 bridgehead atoms. The summed E-state index contributed by atoms with van der Waals surface area (Å²) in [7, 11) is 0. The predicted octanol–water partition coefficient (Wildman–Crippen LogP) is -0.650. The van der Waals surface area contributed by atoms with Crippen molar-refractivity contribution in [2.24, 2.45) is 5.92 Å². The zero-order valence-electron chi connectivity index (χ0n) is 15.6. The van der Waals surface area contributed by atoms with Gasteiger partial charge in [0.1, 0.15) is 31.0 Å². The molecule has 154 valence electrons. The van der Waals surface area contributed by atoms with Crippen molar-refractivity contribution >= 4 is 34.5 Å². The standard InChI is InChI=1S/C16H23N5O6S/c1-7(2)11(28-3)13(25)16(12(24)10(23)8(4-22)27-16)21-6-19-9-14(20-26)17-5-18-15(9)21/h5-8,10-12,22-24,26H,4H2,1-3H3,(H,17,18,20)/t8-,10-,11?,12-,16+/m1/s1. The molecule has 12 heteroatoms. The number of ketones is 1. The number of aliphatic hydroxyl groups excluding tert-OH is 3. The lowest BCUT2D eigenvalue weighted by Crippen LogP contribution is -2.55. The van der Waals surface area contributed by atoms with E-state index in [9.17, 15) is 25.3 Å². The third kappa shape index (κ3) is 2.96. The summed E-state index contributed by atoms with van der Waals surface area (Å²) in [5.74, 6) is -0.586. The maximum atomic E-state index is 13.6. The largest absolute Gasteiger partial charge is 0.394 e. The molecule has 0 spiro atoms. The smallest absolute Gasteiger partial charge is 0.238 e.